The van der Waals surface area contributed by atoms with Gasteiger partial charge in [-0.25, -0.2) is 4.39 Å². The van der Waals surface area contributed by atoms with Crippen LogP contribution in [-0.2, 0) is 6.61 Å². The number of hydrogen-bond donors (Lipinski definition) is 0. The van der Waals surface area contributed by atoms with E-state index < -0.39 is 0 Å². The number of halogens is 2. The molecule has 1 aromatic heterocycles. The smallest absolute Gasteiger partial charge is 0.233 e. The van der Waals surface area contributed by atoms with Crippen LogP contribution >= 0.6 is 23.1 Å². The summed E-state index contributed by atoms with van der Waals surface area (Å²) in [5.41, 5.74) is 0.445. The van der Waals surface area contributed by atoms with Crippen LogP contribution in [0.25, 0.3) is 0 Å². The zero-order valence-electron chi connectivity index (χ0n) is 7.54. The highest BCUT2D eigenvalue weighted by molar-refractivity contribution is 7.03. The first kappa shape index (κ1) is 10.4. The summed E-state index contributed by atoms with van der Waals surface area (Å²) >= 11 is 6.85. The third-order valence-electron chi connectivity index (χ3n) is 1.75. The lowest BCUT2D eigenvalue weighted by Gasteiger charge is -2.04. The molecule has 0 aliphatic carbocycles. The average molecular weight is 243 g/mol. The molecule has 0 spiro atoms. The van der Waals surface area contributed by atoms with Crippen molar-refractivity contribution >= 4 is 23.1 Å². The summed E-state index contributed by atoms with van der Waals surface area (Å²) in [4.78, 5) is 0. The van der Waals surface area contributed by atoms with Crippen molar-refractivity contribution in [3.8, 4) is 5.88 Å². The van der Waals surface area contributed by atoms with Crippen molar-refractivity contribution in [3.63, 3.8) is 0 Å². The molecule has 0 saturated heterocycles. The summed E-state index contributed by atoms with van der Waals surface area (Å²) in [6.07, 6.45) is 0. The van der Waals surface area contributed by atoms with Crippen LogP contribution < -0.4 is 4.74 Å². The maximum atomic E-state index is 13.3. The van der Waals surface area contributed by atoms with Gasteiger partial charge < -0.3 is 4.74 Å². The van der Waals surface area contributed by atoms with Gasteiger partial charge in [0.25, 0.3) is 0 Å². The van der Waals surface area contributed by atoms with E-state index in [1.54, 1.807) is 17.5 Å². The van der Waals surface area contributed by atoms with Crippen molar-refractivity contribution in [2.45, 2.75) is 6.61 Å². The molecular weight excluding hydrogens is 237 g/mol. The summed E-state index contributed by atoms with van der Waals surface area (Å²) in [6.45, 7) is 0.128. The van der Waals surface area contributed by atoms with E-state index in [0.717, 1.165) is 0 Å². The Labute approximate surface area is 95.4 Å². The quantitative estimate of drug-likeness (QED) is 0.824. The van der Waals surface area contributed by atoms with Crippen molar-refractivity contribution in [2.75, 3.05) is 0 Å². The van der Waals surface area contributed by atoms with Gasteiger partial charge in [0, 0.05) is 16.0 Å². The van der Waals surface area contributed by atoms with E-state index >= 15 is 0 Å². The lowest BCUT2D eigenvalue weighted by atomic mass is 10.2. The number of ether oxygens (including phenoxy) is 1. The fourth-order valence-corrected chi connectivity index (χ4v) is 1.60. The molecule has 0 aliphatic heterocycles. The Hall–Kier alpha value is -1.13. The number of aromatic nitrogens is 1. The first-order chi connectivity index (χ1) is 7.25. The van der Waals surface area contributed by atoms with Gasteiger partial charge in [-0.1, -0.05) is 17.7 Å². The minimum absolute atomic E-state index is 0.128. The van der Waals surface area contributed by atoms with Crippen molar-refractivity contribution in [3.05, 3.63) is 46.0 Å². The highest BCUT2D eigenvalue weighted by Gasteiger charge is 2.04. The Kier molecular flexibility index (Phi) is 3.18. The van der Waals surface area contributed by atoms with E-state index in [4.69, 9.17) is 16.3 Å². The minimum atomic E-state index is -0.377. The Morgan fingerprint density at radius 1 is 1.53 bits per heavy atom. The molecule has 0 N–H and O–H groups in total. The molecule has 1 radical (unpaired) electrons. The first-order valence-electron chi connectivity index (χ1n) is 4.14. The van der Waals surface area contributed by atoms with Gasteiger partial charge in [-0.05, 0) is 23.7 Å². The Morgan fingerprint density at radius 2 is 2.40 bits per heavy atom. The van der Waals surface area contributed by atoms with Gasteiger partial charge in [0.1, 0.15) is 12.4 Å². The standard InChI is InChI=1S/C10H6ClFNOS/c11-8-2-1-7(9(12)5-8)6-14-10-3-4-15-13-10/h1-2,4-5H,6H2. The summed E-state index contributed by atoms with van der Waals surface area (Å²) in [5, 5.41) is 2.05. The molecule has 1 aromatic carbocycles. The van der Waals surface area contributed by atoms with Crippen LogP contribution in [0.1, 0.15) is 5.56 Å². The van der Waals surface area contributed by atoms with Gasteiger partial charge in [0.05, 0.1) is 6.07 Å². The molecule has 0 aliphatic rings. The van der Waals surface area contributed by atoms with Gasteiger partial charge in [-0.3, -0.25) is 0 Å². The molecular formula is C10H6ClFNOS. The molecule has 0 bridgehead atoms. The lowest BCUT2D eigenvalue weighted by molar-refractivity contribution is 0.290. The van der Waals surface area contributed by atoms with E-state index in [2.05, 4.69) is 10.4 Å². The van der Waals surface area contributed by atoms with Crippen molar-refractivity contribution < 1.29 is 9.13 Å². The molecule has 0 unspecified atom stereocenters. The maximum absolute atomic E-state index is 13.3. The van der Waals surface area contributed by atoms with E-state index in [1.807, 2.05) is 0 Å². The molecule has 5 heteroatoms. The van der Waals surface area contributed by atoms with Crippen LogP contribution in [0.3, 0.4) is 0 Å². The van der Waals surface area contributed by atoms with Crippen LogP contribution in [0, 0.1) is 11.9 Å². The molecule has 0 saturated carbocycles. The molecule has 1 heterocycles. The predicted molar refractivity (Wildman–Crippen MR) is 56.7 cm³/mol. The normalized spacial score (nSPS) is 10.3. The molecule has 0 fully saturated rings. The van der Waals surface area contributed by atoms with Gasteiger partial charge in [0.2, 0.25) is 5.88 Å². The van der Waals surface area contributed by atoms with Crippen LogP contribution in [0.15, 0.2) is 23.6 Å². The van der Waals surface area contributed by atoms with Crippen molar-refractivity contribution in [2.24, 2.45) is 0 Å². The van der Waals surface area contributed by atoms with Crippen molar-refractivity contribution in [1.82, 2.24) is 4.37 Å². The summed E-state index contributed by atoms with van der Waals surface area (Å²) in [7, 11) is 0. The lowest BCUT2D eigenvalue weighted by Crippen LogP contribution is -1.98. The van der Waals surface area contributed by atoms with Gasteiger partial charge in [0.15, 0.2) is 0 Å². The zero-order valence-corrected chi connectivity index (χ0v) is 9.11. The first-order valence-corrected chi connectivity index (χ1v) is 5.36. The highest BCUT2D eigenvalue weighted by Crippen LogP contribution is 2.16. The fourth-order valence-electron chi connectivity index (χ4n) is 1.03. The second-order valence-corrected chi connectivity index (χ2v) is 3.85. The number of rotatable bonds is 3. The molecule has 15 heavy (non-hydrogen) atoms. The third kappa shape index (κ3) is 2.67. The van der Waals surface area contributed by atoms with Gasteiger partial charge >= 0.3 is 0 Å². The van der Waals surface area contributed by atoms with E-state index in [9.17, 15) is 4.39 Å². The second-order valence-electron chi connectivity index (χ2n) is 2.79. The number of benzene rings is 1. The van der Waals surface area contributed by atoms with Gasteiger partial charge in [-0.15, -0.1) is 0 Å². The molecule has 2 rings (SSSR count). The Morgan fingerprint density at radius 3 is 3.07 bits per heavy atom. The van der Waals surface area contributed by atoms with E-state index in [0.29, 0.717) is 16.5 Å². The number of hydrogen-bond acceptors (Lipinski definition) is 3. The monoisotopic (exact) mass is 242 g/mol. The average Bonchev–Trinajstić information content (AvgIpc) is 2.69. The summed E-state index contributed by atoms with van der Waals surface area (Å²) < 4.78 is 22.4. The van der Waals surface area contributed by atoms with Crippen LogP contribution in [0.4, 0.5) is 4.39 Å². The van der Waals surface area contributed by atoms with Gasteiger partial charge in [-0.2, -0.15) is 4.37 Å². The highest BCUT2D eigenvalue weighted by atomic mass is 35.5. The third-order valence-corrected chi connectivity index (χ3v) is 2.48. The topological polar surface area (TPSA) is 22.1 Å². The van der Waals surface area contributed by atoms with Crippen LogP contribution in [0.5, 0.6) is 5.88 Å². The van der Waals surface area contributed by atoms with Crippen LogP contribution in [-0.4, -0.2) is 4.37 Å². The molecule has 2 aromatic rings. The Bertz CT molecular complexity index is 447. The summed E-state index contributed by atoms with van der Waals surface area (Å²) in [5.74, 6) is 0.00656. The van der Waals surface area contributed by atoms with E-state index in [-0.39, 0.29) is 12.4 Å². The fraction of sp³-hybridized carbons (Fsp3) is 0.100. The second kappa shape index (κ2) is 4.59. The predicted octanol–water partition coefficient (Wildman–Crippen LogP) is 3.31. The largest absolute Gasteiger partial charge is 0.472 e. The maximum Gasteiger partial charge on any atom is 0.233 e. The SMILES string of the molecule is Fc1cc(Cl)ccc1COc1[c]csn1. The molecule has 2 nitrogen and oxygen atoms in total. The zero-order chi connectivity index (χ0) is 10.7. The molecule has 0 amide bonds. The minimum Gasteiger partial charge on any atom is -0.472 e. The van der Waals surface area contributed by atoms with Crippen molar-refractivity contribution in [1.29, 1.82) is 0 Å². The molecule has 0 atom stereocenters. The Balaban J connectivity index is 2.05. The van der Waals surface area contributed by atoms with Crippen LogP contribution in [0.2, 0.25) is 5.02 Å². The summed E-state index contributed by atoms with van der Waals surface area (Å²) in [6, 6.07) is 7.24. The number of nitrogens with zero attached hydrogens (tertiary/aromatic N) is 1. The van der Waals surface area contributed by atoms with E-state index in [1.165, 1.54) is 17.6 Å². The molecule has 77 valence electrons.